The zero-order chi connectivity index (χ0) is 30.8. The van der Waals surface area contributed by atoms with E-state index in [0.29, 0.717) is 37.5 Å². The maximum absolute atomic E-state index is 13.1. The average molecular weight is 605 g/mol. The number of nitrogens with one attached hydrogen (secondary N) is 1. The highest BCUT2D eigenvalue weighted by atomic mass is 16.6. The van der Waals surface area contributed by atoms with Crippen LogP contribution in [0.2, 0.25) is 0 Å². The molecular weight excluding hydrogens is 572 g/mol. The van der Waals surface area contributed by atoms with Crippen molar-refractivity contribution in [1.29, 1.82) is 0 Å². The fourth-order valence-corrected chi connectivity index (χ4v) is 6.62. The number of ether oxygens (including phenoxy) is 2. The van der Waals surface area contributed by atoms with Gasteiger partial charge in [-0.15, -0.1) is 0 Å². The molecule has 0 saturated heterocycles. The first kappa shape index (κ1) is 28.7. The zero-order valence-electron chi connectivity index (χ0n) is 24.5. The first-order valence-corrected chi connectivity index (χ1v) is 15.2. The maximum Gasteiger partial charge on any atom is 0.338 e. The summed E-state index contributed by atoms with van der Waals surface area (Å²) in [7, 11) is 0. The number of aryl methyl sites for hydroxylation is 1. The maximum atomic E-state index is 13.1. The van der Waals surface area contributed by atoms with Crippen molar-refractivity contribution in [2.75, 3.05) is 11.9 Å². The molecule has 3 aromatic carbocycles. The van der Waals surface area contributed by atoms with E-state index in [0.717, 1.165) is 29.5 Å². The Hall–Kier alpha value is -5.09. The zero-order valence-corrected chi connectivity index (χ0v) is 24.5. The number of esters is 1. The number of carbonyl (C=O) groups is 1. The average Bonchev–Trinajstić information content (AvgIpc) is 3.79. The lowest BCUT2D eigenvalue weighted by Gasteiger charge is -2.20. The summed E-state index contributed by atoms with van der Waals surface area (Å²) in [6, 6.07) is 24.0. The predicted molar refractivity (Wildman–Crippen MR) is 167 cm³/mol. The van der Waals surface area contributed by atoms with E-state index < -0.39 is 17.0 Å². The van der Waals surface area contributed by atoms with Gasteiger partial charge < -0.3 is 19.2 Å². The molecule has 2 heterocycles. The van der Waals surface area contributed by atoms with Crippen molar-refractivity contribution in [2.45, 2.75) is 50.4 Å². The van der Waals surface area contributed by atoms with Crippen LogP contribution in [-0.2, 0) is 22.5 Å². The van der Waals surface area contributed by atoms with Crippen molar-refractivity contribution < 1.29 is 23.6 Å². The quantitative estimate of drug-likeness (QED) is 0.100. The smallest absolute Gasteiger partial charge is 0.338 e. The van der Waals surface area contributed by atoms with Gasteiger partial charge in [-0.2, -0.15) is 0 Å². The number of nitrogens with zero attached hydrogens (tertiary/aromatic N) is 3. The molecule has 0 amide bonds. The minimum absolute atomic E-state index is 0.0150. The van der Waals surface area contributed by atoms with E-state index in [4.69, 9.17) is 13.9 Å². The molecule has 1 N–H and O–H groups in total. The fraction of sp³-hybridized carbons (Fsp3) is 0.286. The second-order valence-corrected chi connectivity index (χ2v) is 11.7. The van der Waals surface area contributed by atoms with Crippen molar-refractivity contribution in [3.8, 4) is 0 Å². The van der Waals surface area contributed by atoms with Crippen LogP contribution < -0.4 is 5.32 Å². The molecule has 2 aromatic heterocycles. The Morgan fingerprint density at radius 2 is 1.78 bits per heavy atom. The van der Waals surface area contributed by atoms with Crippen LogP contribution in [-0.4, -0.2) is 33.6 Å². The van der Waals surface area contributed by atoms with Crippen molar-refractivity contribution >= 4 is 28.6 Å². The SMILES string of the molecule is O=C(O[C@H]1C[C@@H](c2coc3c(N[C@H]4CCc5ccccc54)ncnc23)C[C@H]1COCc1ccccc1)c1ccc([N+](=O)[O-])cc1. The molecule has 1 fully saturated rings. The highest BCUT2D eigenvalue weighted by molar-refractivity contribution is 5.90. The molecule has 2 aliphatic carbocycles. The third kappa shape index (κ3) is 6.01. The standard InChI is InChI=1S/C35H32N4O6/c40-35(24-10-13-27(14-11-24)39(41)42)45-31-17-25(16-26(31)19-43-18-22-6-2-1-3-7-22)29-20-44-33-32(29)36-21-37-34(33)38-30-15-12-23-8-4-5-9-28(23)30/h1-11,13-14,20-21,25-26,30-31H,12,15-19H2,(H,36,37,38)/t25-,26-,30-,31-/m0/s1. The number of hydrogen-bond donors (Lipinski definition) is 1. The van der Waals surface area contributed by atoms with Gasteiger partial charge in [-0.05, 0) is 60.4 Å². The number of nitro groups is 1. The Labute approximate surface area is 259 Å². The Morgan fingerprint density at radius 1 is 0.978 bits per heavy atom. The van der Waals surface area contributed by atoms with Gasteiger partial charge in [-0.25, -0.2) is 14.8 Å². The van der Waals surface area contributed by atoms with E-state index in [-0.39, 0.29) is 29.1 Å². The Bertz CT molecular complexity index is 1820. The Kier molecular flexibility index (Phi) is 7.96. The van der Waals surface area contributed by atoms with Crippen LogP contribution in [0, 0.1) is 16.0 Å². The molecule has 228 valence electrons. The number of non-ortho nitro benzene ring substituents is 1. The molecule has 0 spiro atoms. The number of nitro benzene ring substituents is 1. The third-order valence-corrected chi connectivity index (χ3v) is 8.91. The summed E-state index contributed by atoms with van der Waals surface area (Å²) >= 11 is 0. The second-order valence-electron chi connectivity index (χ2n) is 11.7. The molecule has 0 bridgehead atoms. The van der Waals surface area contributed by atoms with E-state index in [2.05, 4.69) is 39.6 Å². The van der Waals surface area contributed by atoms with Gasteiger partial charge in [0.15, 0.2) is 11.4 Å². The van der Waals surface area contributed by atoms with Crippen molar-refractivity contribution in [2.24, 2.45) is 5.92 Å². The lowest BCUT2D eigenvalue weighted by Crippen LogP contribution is -2.25. The second kappa shape index (κ2) is 12.5. The topological polar surface area (TPSA) is 130 Å². The number of anilines is 1. The van der Waals surface area contributed by atoms with Gasteiger partial charge in [-0.1, -0.05) is 54.6 Å². The molecule has 4 atom stereocenters. The minimum atomic E-state index is -0.522. The minimum Gasteiger partial charge on any atom is -0.458 e. The van der Waals surface area contributed by atoms with Crippen LogP contribution >= 0.6 is 0 Å². The number of benzene rings is 3. The van der Waals surface area contributed by atoms with Gasteiger partial charge in [-0.3, -0.25) is 10.1 Å². The van der Waals surface area contributed by atoms with Crippen LogP contribution in [0.1, 0.15) is 63.8 Å². The molecule has 10 nitrogen and oxygen atoms in total. The Balaban J connectivity index is 1.10. The summed E-state index contributed by atoms with van der Waals surface area (Å²) in [6.07, 6.45) is 6.16. The molecule has 5 aromatic rings. The van der Waals surface area contributed by atoms with Crippen LogP contribution in [0.25, 0.3) is 11.1 Å². The number of carbonyl (C=O) groups excluding carboxylic acids is 1. The van der Waals surface area contributed by atoms with E-state index in [1.54, 1.807) is 12.6 Å². The van der Waals surface area contributed by atoms with Crippen molar-refractivity contribution in [1.82, 2.24) is 9.97 Å². The number of hydrogen-bond acceptors (Lipinski definition) is 9. The van der Waals surface area contributed by atoms with Gasteiger partial charge >= 0.3 is 5.97 Å². The van der Waals surface area contributed by atoms with E-state index >= 15 is 0 Å². The summed E-state index contributed by atoms with van der Waals surface area (Å²) in [6.45, 7) is 0.856. The molecular formula is C35H32N4O6. The number of aromatic nitrogens is 2. The molecule has 45 heavy (non-hydrogen) atoms. The molecule has 1 saturated carbocycles. The highest BCUT2D eigenvalue weighted by Crippen LogP contribution is 2.44. The van der Waals surface area contributed by atoms with Crippen LogP contribution in [0.4, 0.5) is 11.5 Å². The normalized spacial score (nSPS) is 20.6. The fourth-order valence-electron chi connectivity index (χ4n) is 6.62. The molecule has 2 aliphatic rings. The molecule has 0 unspecified atom stereocenters. The number of fused-ring (bicyclic) bond motifs is 2. The molecule has 0 radical (unpaired) electrons. The van der Waals surface area contributed by atoms with E-state index in [1.807, 2.05) is 30.3 Å². The van der Waals surface area contributed by atoms with Crippen molar-refractivity contribution in [3.05, 3.63) is 129 Å². The lowest BCUT2D eigenvalue weighted by atomic mass is 9.98. The number of furan rings is 1. The summed E-state index contributed by atoms with van der Waals surface area (Å²) in [5.74, 6) is 0.0856. The van der Waals surface area contributed by atoms with Gasteiger partial charge in [0, 0.05) is 23.6 Å². The van der Waals surface area contributed by atoms with Gasteiger partial charge in [0.05, 0.1) is 36.0 Å². The highest BCUT2D eigenvalue weighted by Gasteiger charge is 2.40. The largest absolute Gasteiger partial charge is 0.458 e. The van der Waals surface area contributed by atoms with Gasteiger partial charge in [0.25, 0.3) is 5.69 Å². The summed E-state index contributed by atoms with van der Waals surface area (Å²) < 4.78 is 18.2. The van der Waals surface area contributed by atoms with E-state index in [1.165, 1.54) is 35.4 Å². The first-order chi connectivity index (χ1) is 22.0. The molecule has 7 rings (SSSR count). The van der Waals surface area contributed by atoms with E-state index in [9.17, 15) is 14.9 Å². The molecule has 0 aliphatic heterocycles. The first-order valence-electron chi connectivity index (χ1n) is 15.2. The predicted octanol–water partition coefficient (Wildman–Crippen LogP) is 7.17. The van der Waals surface area contributed by atoms with Crippen LogP contribution in [0.5, 0.6) is 0 Å². The summed E-state index contributed by atoms with van der Waals surface area (Å²) in [4.78, 5) is 32.8. The third-order valence-electron chi connectivity index (χ3n) is 8.91. The van der Waals surface area contributed by atoms with Crippen LogP contribution in [0.15, 0.2) is 95.9 Å². The Morgan fingerprint density at radius 3 is 2.60 bits per heavy atom. The summed E-state index contributed by atoms with van der Waals surface area (Å²) in [5, 5.41) is 14.6. The monoisotopic (exact) mass is 604 g/mol. The number of rotatable bonds is 10. The summed E-state index contributed by atoms with van der Waals surface area (Å²) in [5.41, 5.74) is 6.18. The molecule has 10 heteroatoms. The lowest BCUT2D eigenvalue weighted by molar-refractivity contribution is -0.384. The van der Waals surface area contributed by atoms with Crippen LogP contribution in [0.3, 0.4) is 0 Å². The van der Waals surface area contributed by atoms with Gasteiger partial charge in [0.1, 0.15) is 17.9 Å². The van der Waals surface area contributed by atoms with Gasteiger partial charge in [0.2, 0.25) is 0 Å². The van der Waals surface area contributed by atoms with Crippen molar-refractivity contribution in [3.63, 3.8) is 0 Å².